The Balaban J connectivity index is 1.66. The van der Waals surface area contributed by atoms with Crippen molar-refractivity contribution in [1.29, 1.82) is 0 Å². The number of imidazole rings is 1. The lowest BCUT2D eigenvalue weighted by molar-refractivity contribution is -0.0916. The van der Waals surface area contributed by atoms with Crippen molar-refractivity contribution < 1.29 is 27.8 Å². The number of Topliss-reactive ketones (excluding diaryl/α,β-unsaturated/α-hetero) is 1. The lowest BCUT2D eigenvalue weighted by Gasteiger charge is -2.20. The van der Waals surface area contributed by atoms with Crippen molar-refractivity contribution in [2.75, 3.05) is 19.8 Å². The van der Waals surface area contributed by atoms with Gasteiger partial charge in [0.05, 0.1) is 31.6 Å². The molecule has 0 N–H and O–H groups in total. The van der Waals surface area contributed by atoms with Gasteiger partial charge in [0.15, 0.2) is 5.78 Å². The summed E-state index contributed by atoms with van der Waals surface area (Å²) in [4.78, 5) is 21.2. The molecule has 1 atom stereocenters. The molecule has 1 fully saturated rings. The molecule has 164 valence electrons. The summed E-state index contributed by atoms with van der Waals surface area (Å²) in [6.07, 6.45) is 0.434. The molecule has 9 heteroatoms. The van der Waals surface area contributed by atoms with Crippen LogP contribution in [0.15, 0.2) is 36.7 Å². The van der Waals surface area contributed by atoms with Gasteiger partial charge in [-0.3, -0.25) is 4.79 Å². The van der Waals surface area contributed by atoms with Crippen molar-refractivity contribution in [3.05, 3.63) is 59.3 Å². The van der Waals surface area contributed by atoms with E-state index in [0.717, 1.165) is 5.69 Å². The summed E-state index contributed by atoms with van der Waals surface area (Å²) in [6, 6.07) is 5.81. The molecule has 0 spiro atoms. The molecule has 1 aliphatic rings. The van der Waals surface area contributed by atoms with Crippen LogP contribution in [0.2, 0.25) is 0 Å². The fraction of sp³-hybridized carbons (Fsp3) is 0.409. The Morgan fingerprint density at radius 1 is 1.26 bits per heavy atom. The van der Waals surface area contributed by atoms with E-state index in [4.69, 9.17) is 14.2 Å². The van der Waals surface area contributed by atoms with E-state index in [1.54, 1.807) is 16.7 Å². The highest BCUT2D eigenvalue weighted by Gasteiger charge is 2.22. The van der Waals surface area contributed by atoms with Crippen molar-refractivity contribution in [3.8, 4) is 5.75 Å². The van der Waals surface area contributed by atoms with Crippen LogP contribution in [0.25, 0.3) is 5.65 Å². The number of nitrogens with zero attached hydrogens (tertiary/aromatic N) is 3. The summed E-state index contributed by atoms with van der Waals surface area (Å²) < 4.78 is 44.8. The average Bonchev–Trinajstić information content (AvgIpc) is 3.17. The van der Waals surface area contributed by atoms with E-state index in [-0.39, 0.29) is 30.1 Å². The zero-order chi connectivity index (χ0) is 22.0. The minimum Gasteiger partial charge on any atom is -0.491 e. The molecule has 4 rings (SSSR count). The third-order valence-corrected chi connectivity index (χ3v) is 4.79. The zero-order valence-electron chi connectivity index (χ0n) is 17.3. The molecular formula is C22H23F2N3O4. The van der Waals surface area contributed by atoms with E-state index >= 15 is 0 Å². The van der Waals surface area contributed by atoms with E-state index in [0.29, 0.717) is 36.8 Å². The van der Waals surface area contributed by atoms with Crippen molar-refractivity contribution in [1.82, 2.24) is 14.4 Å². The Bertz CT molecular complexity index is 1080. The van der Waals surface area contributed by atoms with Gasteiger partial charge in [0.1, 0.15) is 28.9 Å². The minimum absolute atomic E-state index is 0.00697. The molecule has 31 heavy (non-hydrogen) atoms. The van der Waals surface area contributed by atoms with E-state index < -0.39 is 12.1 Å². The first-order chi connectivity index (χ1) is 14.9. The van der Waals surface area contributed by atoms with Crippen molar-refractivity contribution in [2.45, 2.75) is 38.9 Å². The monoisotopic (exact) mass is 431 g/mol. The second-order valence-electron chi connectivity index (χ2n) is 7.54. The number of halogens is 2. The van der Waals surface area contributed by atoms with Crippen LogP contribution < -0.4 is 4.74 Å². The third-order valence-electron chi connectivity index (χ3n) is 4.79. The number of carbonyl (C=O) groups excluding carboxylic acids is 1. The molecule has 0 saturated carbocycles. The Labute approximate surface area is 178 Å². The van der Waals surface area contributed by atoms with Gasteiger partial charge >= 0.3 is 0 Å². The van der Waals surface area contributed by atoms with E-state index in [2.05, 4.69) is 9.97 Å². The normalized spacial score (nSPS) is 16.9. The maximum atomic E-state index is 13.0. The molecule has 0 aliphatic carbocycles. The average molecular weight is 431 g/mol. The van der Waals surface area contributed by atoms with Crippen LogP contribution in [0.3, 0.4) is 0 Å². The number of alkyl halides is 2. The predicted octanol–water partition coefficient (Wildman–Crippen LogP) is 3.97. The molecule has 4 heterocycles. The van der Waals surface area contributed by atoms with Crippen LogP contribution >= 0.6 is 0 Å². The maximum absolute atomic E-state index is 13.0. The minimum atomic E-state index is -2.74. The Morgan fingerprint density at radius 3 is 2.81 bits per heavy atom. The summed E-state index contributed by atoms with van der Waals surface area (Å²) >= 11 is 0. The van der Waals surface area contributed by atoms with Crippen molar-refractivity contribution >= 4 is 11.4 Å². The molecule has 0 radical (unpaired) electrons. The third kappa shape index (κ3) is 4.88. The molecule has 0 bridgehead atoms. The van der Waals surface area contributed by atoms with Gasteiger partial charge in [0.2, 0.25) is 0 Å². The topological polar surface area (TPSA) is 74.9 Å². The Morgan fingerprint density at radius 2 is 2.10 bits per heavy atom. The number of hydrogen-bond acceptors (Lipinski definition) is 6. The SMILES string of the molecule is CC(C)Oc1cc2nc(C3COCCO3)cn2cc1CC(=O)c1cccc(C(F)F)n1. The number of carbonyl (C=O) groups is 1. The van der Waals surface area contributed by atoms with Crippen molar-refractivity contribution in [2.24, 2.45) is 0 Å². The Hall–Kier alpha value is -2.91. The number of pyridine rings is 2. The first-order valence-electron chi connectivity index (χ1n) is 10.1. The lowest BCUT2D eigenvalue weighted by Crippen LogP contribution is -2.22. The molecule has 7 nitrogen and oxygen atoms in total. The standard InChI is InChI=1S/C22H23F2N3O4/c1-13(2)31-19-9-21-26-17(20-12-29-6-7-30-20)11-27(21)10-14(19)8-18(28)15-4-3-5-16(25-15)22(23)24/h3-5,9-11,13,20,22H,6-8,12H2,1-2H3. The number of rotatable bonds is 7. The highest BCUT2D eigenvalue weighted by molar-refractivity contribution is 5.96. The summed E-state index contributed by atoms with van der Waals surface area (Å²) in [5, 5.41) is 0. The summed E-state index contributed by atoms with van der Waals surface area (Å²) in [5.74, 6) is 0.138. The summed E-state index contributed by atoms with van der Waals surface area (Å²) in [7, 11) is 0. The number of ketones is 1. The van der Waals surface area contributed by atoms with Crippen LogP contribution in [0.4, 0.5) is 8.78 Å². The smallest absolute Gasteiger partial charge is 0.280 e. The van der Waals surface area contributed by atoms with Crippen LogP contribution in [-0.2, 0) is 15.9 Å². The first-order valence-corrected chi connectivity index (χ1v) is 10.1. The lowest BCUT2D eigenvalue weighted by atomic mass is 10.1. The summed E-state index contributed by atoms with van der Waals surface area (Å²) in [5.41, 5.74) is 1.56. The van der Waals surface area contributed by atoms with Gasteiger partial charge in [-0.25, -0.2) is 18.7 Å². The molecule has 1 saturated heterocycles. The molecular weight excluding hydrogens is 408 g/mol. The molecule has 1 unspecified atom stereocenters. The number of ether oxygens (including phenoxy) is 3. The highest BCUT2D eigenvalue weighted by atomic mass is 19.3. The summed E-state index contributed by atoms with van der Waals surface area (Å²) in [6.45, 7) is 5.26. The van der Waals surface area contributed by atoms with Gasteiger partial charge in [-0.15, -0.1) is 0 Å². The van der Waals surface area contributed by atoms with E-state index in [1.807, 2.05) is 20.0 Å². The molecule has 3 aromatic heterocycles. The van der Waals surface area contributed by atoms with Crippen LogP contribution in [0.5, 0.6) is 5.75 Å². The fourth-order valence-electron chi connectivity index (χ4n) is 3.38. The zero-order valence-corrected chi connectivity index (χ0v) is 17.3. The van der Waals surface area contributed by atoms with Gasteiger partial charge < -0.3 is 18.6 Å². The molecule has 3 aromatic rings. The second-order valence-corrected chi connectivity index (χ2v) is 7.54. The van der Waals surface area contributed by atoms with Gasteiger partial charge in [-0.1, -0.05) is 6.07 Å². The van der Waals surface area contributed by atoms with Crippen molar-refractivity contribution in [3.63, 3.8) is 0 Å². The van der Waals surface area contributed by atoms with Gasteiger partial charge in [0, 0.05) is 30.4 Å². The second kappa shape index (κ2) is 9.07. The van der Waals surface area contributed by atoms with E-state index in [1.165, 1.54) is 18.2 Å². The van der Waals surface area contributed by atoms with Gasteiger partial charge in [-0.05, 0) is 26.0 Å². The van der Waals surface area contributed by atoms with E-state index in [9.17, 15) is 13.6 Å². The predicted molar refractivity (Wildman–Crippen MR) is 108 cm³/mol. The van der Waals surface area contributed by atoms with Gasteiger partial charge in [-0.2, -0.15) is 0 Å². The molecule has 1 aliphatic heterocycles. The number of fused-ring (bicyclic) bond motifs is 1. The number of aromatic nitrogens is 3. The maximum Gasteiger partial charge on any atom is 0.280 e. The van der Waals surface area contributed by atoms with Crippen LogP contribution in [0.1, 0.15) is 53.8 Å². The van der Waals surface area contributed by atoms with Crippen LogP contribution in [-0.4, -0.2) is 46.1 Å². The highest BCUT2D eigenvalue weighted by Crippen LogP contribution is 2.27. The molecule has 0 aromatic carbocycles. The van der Waals surface area contributed by atoms with Crippen LogP contribution in [0, 0.1) is 0 Å². The first kappa shape index (κ1) is 21.3. The molecule has 0 amide bonds. The largest absolute Gasteiger partial charge is 0.491 e. The Kier molecular flexibility index (Phi) is 6.24. The van der Waals surface area contributed by atoms with Gasteiger partial charge in [0.25, 0.3) is 6.43 Å². The number of hydrogen-bond donors (Lipinski definition) is 0. The fourth-order valence-corrected chi connectivity index (χ4v) is 3.38. The quantitative estimate of drug-likeness (QED) is 0.527.